The van der Waals surface area contributed by atoms with Crippen molar-refractivity contribution >= 4 is 21.9 Å². The maximum Gasteiger partial charge on any atom is 0.240 e. The second kappa shape index (κ2) is 4.09. The molecule has 15 heavy (non-hydrogen) atoms. The normalized spacial score (nSPS) is 18.8. The van der Waals surface area contributed by atoms with Gasteiger partial charge in [-0.05, 0) is 28.8 Å². The molecule has 1 aliphatic carbocycles. The van der Waals surface area contributed by atoms with Gasteiger partial charge in [0.15, 0.2) is 4.73 Å². The Morgan fingerprint density at radius 2 is 2.33 bits per heavy atom. The molecule has 0 atom stereocenters. The van der Waals surface area contributed by atoms with Crippen molar-refractivity contribution in [2.75, 3.05) is 19.5 Å². The third-order valence-corrected chi connectivity index (χ3v) is 3.58. The van der Waals surface area contributed by atoms with Gasteiger partial charge in [0.2, 0.25) is 5.95 Å². The van der Waals surface area contributed by atoms with Crippen LogP contribution in [0.5, 0.6) is 0 Å². The Kier molecular flexibility index (Phi) is 2.97. The van der Waals surface area contributed by atoms with Gasteiger partial charge < -0.3 is 10.5 Å². The monoisotopic (exact) mass is 274 g/mol. The van der Waals surface area contributed by atoms with Crippen molar-refractivity contribution in [3.63, 3.8) is 0 Å². The van der Waals surface area contributed by atoms with Gasteiger partial charge >= 0.3 is 0 Å². The fourth-order valence-corrected chi connectivity index (χ4v) is 2.48. The Labute approximate surface area is 97.1 Å². The molecule has 0 bridgehead atoms. The number of anilines is 1. The van der Waals surface area contributed by atoms with Crippen LogP contribution in [0.25, 0.3) is 0 Å². The van der Waals surface area contributed by atoms with Crippen LogP contribution < -0.4 is 5.73 Å². The van der Waals surface area contributed by atoms with E-state index < -0.39 is 0 Å². The summed E-state index contributed by atoms with van der Waals surface area (Å²) in [7, 11) is 1.74. The third kappa shape index (κ3) is 2.15. The van der Waals surface area contributed by atoms with Crippen molar-refractivity contribution in [3.8, 4) is 0 Å². The fourth-order valence-electron chi connectivity index (χ4n) is 2.09. The van der Waals surface area contributed by atoms with Gasteiger partial charge in [0.25, 0.3) is 0 Å². The van der Waals surface area contributed by atoms with Gasteiger partial charge in [-0.15, -0.1) is 5.10 Å². The van der Waals surface area contributed by atoms with Crippen molar-refractivity contribution in [3.05, 3.63) is 4.73 Å². The highest BCUT2D eigenvalue weighted by Gasteiger charge is 2.38. The zero-order valence-electron chi connectivity index (χ0n) is 8.74. The Bertz CT molecular complexity index is 348. The van der Waals surface area contributed by atoms with E-state index in [1.54, 1.807) is 7.11 Å². The number of nitrogens with zero attached hydrogens (tertiary/aromatic N) is 3. The molecule has 6 heteroatoms. The summed E-state index contributed by atoms with van der Waals surface area (Å²) in [6.07, 6.45) is 3.64. The molecular weight excluding hydrogens is 260 g/mol. The summed E-state index contributed by atoms with van der Waals surface area (Å²) in [6, 6.07) is 0. The minimum atomic E-state index is 0.234. The summed E-state index contributed by atoms with van der Waals surface area (Å²) in [5, 5.41) is 4.14. The molecule has 1 aromatic rings. The standard InChI is InChI=1S/C9H15BrN4O/c1-15-6-9(3-2-4-9)5-14-7(10)12-8(11)13-14/h2-6H2,1H3,(H2,11,13). The Morgan fingerprint density at radius 1 is 1.60 bits per heavy atom. The highest BCUT2D eigenvalue weighted by atomic mass is 79.9. The lowest BCUT2D eigenvalue weighted by molar-refractivity contribution is 0.000161. The molecule has 1 aromatic heterocycles. The number of halogens is 1. The minimum Gasteiger partial charge on any atom is -0.384 e. The van der Waals surface area contributed by atoms with Gasteiger partial charge in [-0.3, -0.25) is 0 Å². The van der Waals surface area contributed by atoms with Gasteiger partial charge in [0.05, 0.1) is 13.2 Å². The van der Waals surface area contributed by atoms with E-state index in [9.17, 15) is 0 Å². The highest BCUT2D eigenvalue weighted by Crippen LogP contribution is 2.42. The molecule has 1 fully saturated rings. The van der Waals surface area contributed by atoms with Gasteiger partial charge in [-0.25, -0.2) is 4.68 Å². The van der Waals surface area contributed by atoms with E-state index in [-0.39, 0.29) is 5.41 Å². The van der Waals surface area contributed by atoms with Crippen molar-refractivity contribution in [1.82, 2.24) is 14.8 Å². The van der Waals surface area contributed by atoms with Crippen LogP contribution in [-0.4, -0.2) is 28.5 Å². The summed E-state index contributed by atoms with van der Waals surface area (Å²) in [4.78, 5) is 4.02. The largest absolute Gasteiger partial charge is 0.384 e. The van der Waals surface area contributed by atoms with Gasteiger partial charge in [0.1, 0.15) is 0 Å². The average Bonchev–Trinajstić information content (AvgIpc) is 2.42. The van der Waals surface area contributed by atoms with Crippen LogP contribution in [0.2, 0.25) is 0 Å². The first-order chi connectivity index (χ1) is 7.15. The third-order valence-electron chi connectivity index (χ3n) is 2.99. The van der Waals surface area contributed by atoms with Gasteiger partial charge in [-0.2, -0.15) is 4.98 Å². The number of hydrogen-bond acceptors (Lipinski definition) is 4. The van der Waals surface area contributed by atoms with Gasteiger partial charge in [0, 0.05) is 12.5 Å². The second-order valence-corrected chi connectivity index (χ2v) is 4.89. The number of nitrogen functional groups attached to an aromatic ring is 1. The van der Waals surface area contributed by atoms with Crippen LogP contribution in [0.1, 0.15) is 19.3 Å². The van der Waals surface area contributed by atoms with E-state index >= 15 is 0 Å². The maximum atomic E-state index is 5.53. The van der Waals surface area contributed by atoms with Crippen LogP contribution >= 0.6 is 15.9 Å². The van der Waals surface area contributed by atoms with E-state index in [1.165, 1.54) is 19.3 Å². The number of rotatable bonds is 4. The predicted molar refractivity (Wildman–Crippen MR) is 60.3 cm³/mol. The van der Waals surface area contributed by atoms with Crippen LogP contribution in [0.15, 0.2) is 4.73 Å². The topological polar surface area (TPSA) is 66.0 Å². The van der Waals surface area contributed by atoms with Crippen LogP contribution in [-0.2, 0) is 11.3 Å². The first kappa shape index (κ1) is 10.9. The van der Waals surface area contributed by atoms with Crippen LogP contribution in [0.3, 0.4) is 0 Å². The molecule has 1 aliphatic rings. The quantitative estimate of drug-likeness (QED) is 0.903. The van der Waals surface area contributed by atoms with Crippen molar-refractivity contribution in [2.24, 2.45) is 5.41 Å². The lowest BCUT2D eigenvalue weighted by Crippen LogP contribution is -2.38. The van der Waals surface area contributed by atoms with Crippen LogP contribution in [0, 0.1) is 5.41 Å². The summed E-state index contributed by atoms with van der Waals surface area (Å²) in [6.45, 7) is 1.60. The number of methoxy groups -OCH3 is 1. The molecule has 0 unspecified atom stereocenters. The van der Waals surface area contributed by atoms with Crippen molar-refractivity contribution < 1.29 is 4.74 Å². The summed E-state index contributed by atoms with van der Waals surface area (Å²) in [5.41, 5.74) is 5.76. The zero-order valence-corrected chi connectivity index (χ0v) is 10.3. The van der Waals surface area contributed by atoms with Crippen molar-refractivity contribution in [2.45, 2.75) is 25.8 Å². The Morgan fingerprint density at radius 3 is 2.73 bits per heavy atom. The molecule has 0 saturated heterocycles. The summed E-state index contributed by atoms with van der Waals surface area (Å²) < 4.78 is 7.77. The molecule has 0 radical (unpaired) electrons. The summed E-state index contributed by atoms with van der Waals surface area (Å²) in [5.74, 6) is 0.314. The average molecular weight is 275 g/mol. The molecule has 0 spiro atoms. The van der Waals surface area contributed by atoms with E-state index in [4.69, 9.17) is 10.5 Å². The first-order valence-corrected chi connectivity index (χ1v) is 5.79. The molecule has 1 saturated carbocycles. The molecule has 0 aromatic carbocycles. The second-order valence-electron chi connectivity index (χ2n) is 4.18. The molecule has 5 nitrogen and oxygen atoms in total. The first-order valence-electron chi connectivity index (χ1n) is 5.00. The van der Waals surface area contributed by atoms with E-state index in [2.05, 4.69) is 26.0 Å². The molecule has 84 valence electrons. The van der Waals surface area contributed by atoms with E-state index in [0.29, 0.717) is 10.7 Å². The van der Waals surface area contributed by atoms with E-state index in [0.717, 1.165) is 13.2 Å². The highest BCUT2D eigenvalue weighted by molar-refractivity contribution is 9.10. The SMILES string of the molecule is COCC1(Cn2nc(N)nc2Br)CCC1. The van der Waals surface area contributed by atoms with E-state index in [1.807, 2.05) is 4.68 Å². The predicted octanol–water partition coefficient (Wildman–Crippen LogP) is 1.44. The fraction of sp³-hybridized carbons (Fsp3) is 0.778. The molecule has 0 amide bonds. The minimum absolute atomic E-state index is 0.234. The molecule has 0 aliphatic heterocycles. The Hall–Kier alpha value is -0.620. The number of hydrogen-bond donors (Lipinski definition) is 1. The Balaban J connectivity index is 2.09. The van der Waals surface area contributed by atoms with Gasteiger partial charge in [-0.1, -0.05) is 6.42 Å². The lowest BCUT2D eigenvalue weighted by atomic mass is 9.69. The lowest BCUT2D eigenvalue weighted by Gasteiger charge is -2.41. The number of aromatic nitrogens is 3. The molecular formula is C9H15BrN4O. The summed E-state index contributed by atoms with van der Waals surface area (Å²) >= 11 is 3.34. The molecule has 1 heterocycles. The van der Waals surface area contributed by atoms with Crippen LogP contribution in [0.4, 0.5) is 5.95 Å². The smallest absolute Gasteiger partial charge is 0.240 e. The molecule has 2 N–H and O–H groups in total. The number of nitrogens with two attached hydrogens (primary N) is 1. The maximum absolute atomic E-state index is 5.53. The number of ether oxygens (including phenoxy) is 1. The zero-order chi connectivity index (χ0) is 10.9. The molecule has 2 rings (SSSR count). The van der Waals surface area contributed by atoms with Crippen molar-refractivity contribution in [1.29, 1.82) is 0 Å².